The van der Waals surface area contributed by atoms with E-state index in [4.69, 9.17) is 0 Å². The summed E-state index contributed by atoms with van der Waals surface area (Å²) in [6.45, 7) is 6.90. The van der Waals surface area contributed by atoms with Crippen molar-refractivity contribution in [3.63, 3.8) is 0 Å². The Kier molecular flexibility index (Phi) is 10.3. The van der Waals surface area contributed by atoms with Gasteiger partial charge in [0, 0.05) is 0 Å². The molecule has 0 atom stereocenters. The summed E-state index contributed by atoms with van der Waals surface area (Å²) in [6, 6.07) is 7.06. The number of rotatable bonds is 12. The van der Waals surface area contributed by atoms with E-state index in [0.717, 1.165) is 0 Å². The van der Waals surface area contributed by atoms with Gasteiger partial charge in [0.1, 0.15) is 0 Å². The lowest BCUT2D eigenvalue weighted by molar-refractivity contribution is 0.655. The molecule has 120 valence electrons. The van der Waals surface area contributed by atoms with Gasteiger partial charge in [0.2, 0.25) is 0 Å². The summed E-state index contributed by atoms with van der Waals surface area (Å²) in [5.74, 6) is 0. The lowest BCUT2D eigenvalue weighted by Gasteiger charge is -2.15. The number of hydrogen-bond acceptors (Lipinski definition) is 0. The van der Waals surface area contributed by atoms with Gasteiger partial charge in [-0.2, -0.15) is 0 Å². The van der Waals surface area contributed by atoms with E-state index in [9.17, 15) is 0 Å². The fourth-order valence-electron chi connectivity index (χ4n) is 3.21. The van der Waals surface area contributed by atoms with Crippen LogP contribution in [0.1, 0.15) is 95.2 Å². The van der Waals surface area contributed by atoms with Crippen LogP contribution in [0.5, 0.6) is 0 Å². The minimum Gasteiger partial charge on any atom is -0.0654 e. The average molecular weight is 289 g/mol. The van der Waals surface area contributed by atoms with Crippen molar-refractivity contribution < 1.29 is 0 Å². The fourth-order valence-corrected chi connectivity index (χ4v) is 3.21. The maximum Gasteiger partial charge on any atom is -0.0276 e. The molecule has 0 N–H and O–H groups in total. The first-order valence-electron chi connectivity index (χ1n) is 9.43. The van der Waals surface area contributed by atoms with E-state index < -0.39 is 0 Å². The Labute approximate surface area is 133 Å². The number of benzene rings is 1. The van der Waals surface area contributed by atoms with Crippen molar-refractivity contribution in [1.29, 1.82) is 0 Å². The van der Waals surface area contributed by atoms with Crippen molar-refractivity contribution >= 4 is 0 Å². The Morgan fingerprint density at radius 3 is 1.52 bits per heavy atom. The molecule has 0 unspecified atom stereocenters. The Hall–Kier alpha value is -0.780. The van der Waals surface area contributed by atoms with Crippen LogP contribution in [0.15, 0.2) is 18.2 Å². The molecule has 1 aromatic rings. The normalized spacial score (nSPS) is 11.0. The van der Waals surface area contributed by atoms with Gasteiger partial charge in [0.25, 0.3) is 0 Å². The largest absolute Gasteiger partial charge is 0.0654 e. The van der Waals surface area contributed by atoms with Crippen LogP contribution in [0.2, 0.25) is 0 Å². The minimum atomic E-state index is 1.27. The Balaban J connectivity index is 2.63. The summed E-state index contributed by atoms with van der Waals surface area (Å²) in [4.78, 5) is 0. The Morgan fingerprint density at radius 1 is 0.571 bits per heavy atom. The maximum atomic E-state index is 2.38. The predicted octanol–water partition coefficient (Wildman–Crippen LogP) is 6.88. The molecule has 0 saturated heterocycles. The van der Waals surface area contributed by atoms with Crippen molar-refractivity contribution in [1.82, 2.24) is 0 Å². The van der Waals surface area contributed by atoms with E-state index in [2.05, 4.69) is 39.0 Å². The average Bonchev–Trinajstić information content (AvgIpc) is 2.50. The topological polar surface area (TPSA) is 0 Å². The molecule has 0 radical (unpaired) electrons. The van der Waals surface area contributed by atoms with Crippen LogP contribution in [0.25, 0.3) is 0 Å². The highest BCUT2D eigenvalue weighted by Gasteiger charge is 2.07. The summed E-state index contributed by atoms with van der Waals surface area (Å²) in [7, 11) is 0. The highest BCUT2D eigenvalue weighted by atomic mass is 14.1. The first-order chi connectivity index (χ1) is 10.3. The van der Waals surface area contributed by atoms with Crippen molar-refractivity contribution in [3.05, 3.63) is 34.9 Å². The Bertz CT molecular complexity index is 334. The molecule has 0 aliphatic heterocycles. The zero-order chi connectivity index (χ0) is 15.3. The predicted molar refractivity (Wildman–Crippen MR) is 96.1 cm³/mol. The highest BCUT2D eigenvalue weighted by molar-refractivity contribution is 5.36. The van der Waals surface area contributed by atoms with Gasteiger partial charge >= 0.3 is 0 Å². The molecule has 0 fully saturated rings. The maximum absolute atomic E-state index is 2.38. The highest BCUT2D eigenvalue weighted by Crippen LogP contribution is 2.22. The first kappa shape index (κ1) is 18.3. The molecule has 21 heavy (non-hydrogen) atoms. The second kappa shape index (κ2) is 11.8. The van der Waals surface area contributed by atoms with Crippen LogP contribution in [-0.2, 0) is 19.3 Å². The van der Waals surface area contributed by atoms with E-state index in [1.165, 1.54) is 77.0 Å². The third kappa shape index (κ3) is 7.16. The molecule has 0 aromatic heterocycles. The number of aryl methyl sites for hydroxylation is 2. The van der Waals surface area contributed by atoms with Gasteiger partial charge in [-0.25, -0.2) is 0 Å². The van der Waals surface area contributed by atoms with Gasteiger partial charge in [-0.1, -0.05) is 83.9 Å². The molecule has 0 heteroatoms. The number of unbranched alkanes of at least 4 members (excludes halogenated alkanes) is 6. The second-order valence-corrected chi connectivity index (χ2v) is 6.43. The van der Waals surface area contributed by atoms with Gasteiger partial charge in [-0.15, -0.1) is 0 Å². The van der Waals surface area contributed by atoms with E-state index in [0.29, 0.717) is 0 Å². The van der Waals surface area contributed by atoms with Crippen molar-refractivity contribution in [3.8, 4) is 0 Å². The molecule has 0 nitrogen and oxygen atoms in total. The molecule has 0 spiro atoms. The van der Waals surface area contributed by atoms with Crippen LogP contribution >= 0.6 is 0 Å². The number of hydrogen-bond donors (Lipinski definition) is 0. The molecular formula is C21H36. The van der Waals surface area contributed by atoms with Gasteiger partial charge in [0.15, 0.2) is 0 Å². The quantitative estimate of drug-likeness (QED) is 0.367. The molecule has 0 heterocycles. The first-order valence-corrected chi connectivity index (χ1v) is 9.43. The molecule has 0 bridgehead atoms. The van der Waals surface area contributed by atoms with Gasteiger partial charge < -0.3 is 0 Å². The zero-order valence-electron chi connectivity index (χ0n) is 14.7. The van der Waals surface area contributed by atoms with Gasteiger partial charge in [-0.3, -0.25) is 0 Å². The van der Waals surface area contributed by atoms with Crippen molar-refractivity contribution in [2.75, 3.05) is 0 Å². The second-order valence-electron chi connectivity index (χ2n) is 6.43. The molecule has 0 saturated carbocycles. The van der Waals surface area contributed by atoms with Crippen LogP contribution in [0.4, 0.5) is 0 Å². The van der Waals surface area contributed by atoms with E-state index in [1.807, 2.05) is 0 Å². The molecule has 1 rings (SSSR count). The fraction of sp³-hybridized carbons (Fsp3) is 0.714. The SMILES string of the molecule is CCCCCCc1cccc(CCCCCC)c1CCC. The summed E-state index contributed by atoms with van der Waals surface area (Å²) >= 11 is 0. The van der Waals surface area contributed by atoms with Crippen LogP contribution < -0.4 is 0 Å². The van der Waals surface area contributed by atoms with Crippen LogP contribution in [0, 0.1) is 0 Å². The summed E-state index contributed by atoms with van der Waals surface area (Å²) < 4.78 is 0. The van der Waals surface area contributed by atoms with E-state index in [1.54, 1.807) is 16.7 Å². The molecule has 0 amide bonds. The van der Waals surface area contributed by atoms with E-state index >= 15 is 0 Å². The zero-order valence-corrected chi connectivity index (χ0v) is 14.7. The summed E-state index contributed by atoms with van der Waals surface area (Å²) in [6.07, 6.45) is 16.1. The smallest absolute Gasteiger partial charge is 0.0276 e. The van der Waals surface area contributed by atoms with Crippen LogP contribution in [-0.4, -0.2) is 0 Å². The van der Waals surface area contributed by atoms with E-state index in [-0.39, 0.29) is 0 Å². The minimum absolute atomic E-state index is 1.27. The molecular weight excluding hydrogens is 252 g/mol. The molecule has 0 aliphatic carbocycles. The third-order valence-electron chi connectivity index (χ3n) is 4.47. The van der Waals surface area contributed by atoms with Crippen molar-refractivity contribution in [2.45, 2.75) is 97.8 Å². The summed E-state index contributed by atoms with van der Waals surface area (Å²) in [5, 5.41) is 0. The Morgan fingerprint density at radius 2 is 1.10 bits per heavy atom. The van der Waals surface area contributed by atoms with Crippen molar-refractivity contribution in [2.24, 2.45) is 0 Å². The molecule has 0 aliphatic rings. The lowest BCUT2D eigenvalue weighted by atomic mass is 9.91. The van der Waals surface area contributed by atoms with Gasteiger partial charge in [0.05, 0.1) is 0 Å². The van der Waals surface area contributed by atoms with Gasteiger partial charge in [-0.05, 0) is 48.8 Å². The third-order valence-corrected chi connectivity index (χ3v) is 4.47. The standard InChI is InChI=1S/C21H36/c1-4-7-9-11-15-19-17-13-18-20(21(19)14-6-3)16-12-10-8-5-2/h13,17-18H,4-12,14-16H2,1-3H3. The molecule has 1 aromatic carbocycles. The monoisotopic (exact) mass is 288 g/mol. The lowest BCUT2D eigenvalue weighted by Crippen LogP contribution is -2.01. The van der Waals surface area contributed by atoms with Crippen LogP contribution in [0.3, 0.4) is 0 Å². The summed E-state index contributed by atoms with van der Waals surface area (Å²) in [5.41, 5.74) is 4.97.